The fourth-order valence-corrected chi connectivity index (χ4v) is 8.43. The Balaban J connectivity index is 0.00000125. The van der Waals surface area contributed by atoms with Gasteiger partial charge >= 0.3 is 44.1 Å². The molecule has 402 valence electrons. The molecule has 1 unspecified atom stereocenters. The van der Waals surface area contributed by atoms with Crippen LogP contribution in [0.3, 0.4) is 0 Å². The van der Waals surface area contributed by atoms with Crippen LogP contribution >= 0.6 is 8.25 Å². The van der Waals surface area contributed by atoms with Gasteiger partial charge in [-0.1, -0.05) is 91.0 Å². The molecule has 2 aliphatic heterocycles. The number of benzene rings is 5. The zero-order chi connectivity index (χ0) is 54.6. The van der Waals surface area contributed by atoms with Crippen LogP contribution in [0.2, 0.25) is 0 Å². The highest BCUT2D eigenvalue weighted by atomic mass is 31.1. The zero-order valence-corrected chi connectivity index (χ0v) is 42.8. The first-order valence-corrected chi connectivity index (χ1v) is 25.4. The van der Waals surface area contributed by atoms with Crippen LogP contribution in [0.15, 0.2) is 152 Å². The van der Waals surface area contributed by atoms with Gasteiger partial charge in [-0.05, 0) is 86.0 Å². The molecule has 0 amide bonds. The quantitative estimate of drug-likeness (QED) is 0.0579. The molecule has 2 fully saturated rings. The van der Waals surface area contributed by atoms with Gasteiger partial charge in [-0.25, -0.2) is 28.4 Å². The van der Waals surface area contributed by atoms with E-state index < -0.39 is 119 Å². The summed E-state index contributed by atoms with van der Waals surface area (Å²) in [5.74, 6) is -6.19. The van der Waals surface area contributed by atoms with Crippen molar-refractivity contribution in [1.29, 1.82) is 0 Å². The normalized spacial score (nSPS) is 23.1. The molecule has 0 aromatic heterocycles. The van der Waals surface area contributed by atoms with Crippen LogP contribution in [0.4, 0.5) is 4.39 Å². The van der Waals surface area contributed by atoms with E-state index in [0.29, 0.717) is 0 Å². The average Bonchev–Trinajstić information content (AvgIpc) is 3.44. The number of hydrogen-bond donors (Lipinski definition) is 1. The molecule has 19 nitrogen and oxygen atoms in total. The third-order valence-electron chi connectivity index (χ3n) is 12.0. The van der Waals surface area contributed by atoms with Crippen LogP contribution < -0.4 is 9.79 Å². The van der Waals surface area contributed by atoms with Crippen molar-refractivity contribution in [2.45, 2.75) is 89.1 Å². The highest BCUT2D eigenvalue weighted by Crippen LogP contribution is 2.38. The summed E-state index contributed by atoms with van der Waals surface area (Å²) in [7, 11) is -3.83. The molecule has 0 saturated carbocycles. The number of quaternary nitrogens is 1. The monoisotopic (exact) mass is 1070 g/mol. The minimum Gasteiger partial charge on any atom is -0.566 e. The Hall–Kier alpha value is -7.29. The number of hydrogen-bond acceptors (Lipinski definition) is 18. The van der Waals surface area contributed by atoms with Crippen molar-refractivity contribution in [3.63, 3.8) is 0 Å². The third kappa shape index (κ3) is 16.1. The van der Waals surface area contributed by atoms with Crippen LogP contribution in [0.1, 0.15) is 79.5 Å². The van der Waals surface area contributed by atoms with Gasteiger partial charge < -0.3 is 52.4 Å². The SMILES string of the molecule is CC(=O)O[C@@H]1[C@H](OC(=O)c2ccccc2)[C@@H](OC(=O)c2ccccc2)[C@H](O[C@H]2[C@H](OC(=O)c3ccccc3)[C@H](OC(=O)c3ccccc3)[C@@H](O[P+](=O)[O-])O[C@@H]2COC(=O)c2ccccc2)O[C@@H]1CF.CC[NH+](CC)CC. The number of nitrogens with one attached hydrogen (secondary N) is 1. The third-order valence-corrected chi connectivity index (χ3v) is 12.4. The summed E-state index contributed by atoms with van der Waals surface area (Å²) in [6.45, 7) is 9.20. The molecule has 76 heavy (non-hydrogen) atoms. The van der Waals surface area contributed by atoms with Crippen LogP contribution in [0.5, 0.6) is 0 Å². The summed E-state index contributed by atoms with van der Waals surface area (Å²) in [5, 5.41) is 0. The van der Waals surface area contributed by atoms with E-state index in [1.54, 1.807) is 47.4 Å². The minimum absolute atomic E-state index is 0.0207. The van der Waals surface area contributed by atoms with E-state index in [1.165, 1.54) is 129 Å². The highest BCUT2D eigenvalue weighted by Gasteiger charge is 2.59. The molecule has 2 saturated heterocycles. The maximum atomic E-state index is 15.3. The summed E-state index contributed by atoms with van der Waals surface area (Å²) in [5.41, 5.74) is -0.110. The second-order valence-electron chi connectivity index (χ2n) is 17.0. The minimum atomic E-state index is -3.83. The first kappa shape index (κ1) is 58.0. The Morgan fingerprint density at radius 1 is 0.487 bits per heavy atom. The number of alkyl halides is 1. The molecular formula is C55H58FNO18P+. The smallest absolute Gasteiger partial charge is 0.491 e. The number of ether oxygens (including phenoxy) is 9. The van der Waals surface area contributed by atoms with Gasteiger partial charge in [-0.15, -0.1) is 4.52 Å². The second kappa shape index (κ2) is 29.1. The molecule has 0 radical (unpaired) electrons. The maximum Gasteiger partial charge on any atom is 0.491 e. The van der Waals surface area contributed by atoms with E-state index >= 15 is 4.39 Å². The van der Waals surface area contributed by atoms with Gasteiger partial charge in [0.05, 0.1) is 47.5 Å². The average molecular weight is 1070 g/mol. The molecule has 7 rings (SSSR count). The van der Waals surface area contributed by atoms with E-state index in [-0.39, 0.29) is 27.8 Å². The lowest BCUT2D eigenvalue weighted by atomic mass is 9.96. The lowest BCUT2D eigenvalue weighted by molar-refractivity contribution is -0.894. The van der Waals surface area contributed by atoms with Crippen molar-refractivity contribution in [2.75, 3.05) is 32.9 Å². The van der Waals surface area contributed by atoms with E-state index in [2.05, 4.69) is 20.8 Å². The Bertz CT molecular complexity index is 2670. The van der Waals surface area contributed by atoms with Crippen molar-refractivity contribution in [2.24, 2.45) is 0 Å². The molecule has 11 atom stereocenters. The summed E-state index contributed by atoms with van der Waals surface area (Å²) < 4.78 is 86.5. The van der Waals surface area contributed by atoms with Crippen molar-refractivity contribution >= 4 is 44.1 Å². The number of esters is 6. The van der Waals surface area contributed by atoms with E-state index in [0.717, 1.165) is 6.92 Å². The highest BCUT2D eigenvalue weighted by molar-refractivity contribution is 7.30. The van der Waals surface area contributed by atoms with E-state index in [9.17, 15) is 38.2 Å². The van der Waals surface area contributed by atoms with Crippen LogP contribution in [-0.2, 0) is 56.5 Å². The fourth-order valence-electron chi connectivity index (χ4n) is 8.10. The number of carbonyl (C=O) groups excluding carboxylic acids is 6. The van der Waals surface area contributed by atoms with Crippen LogP contribution in [0, 0.1) is 0 Å². The molecule has 1 N–H and O–H groups in total. The maximum absolute atomic E-state index is 15.3. The number of carbonyl (C=O) groups is 6. The summed E-state index contributed by atoms with van der Waals surface area (Å²) in [4.78, 5) is 95.8. The first-order valence-electron chi connectivity index (χ1n) is 24.4. The zero-order valence-electron chi connectivity index (χ0n) is 41.9. The van der Waals surface area contributed by atoms with Crippen LogP contribution in [0.25, 0.3) is 0 Å². The van der Waals surface area contributed by atoms with Crippen molar-refractivity contribution < 1.29 is 94.7 Å². The molecule has 21 heteroatoms. The Kier molecular flexibility index (Phi) is 22.2. The van der Waals surface area contributed by atoms with Crippen molar-refractivity contribution in [3.05, 3.63) is 179 Å². The predicted octanol–water partition coefficient (Wildman–Crippen LogP) is 5.45. The van der Waals surface area contributed by atoms with Gasteiger partial charge in [-0.2, -0.15) is 0 Å². The molecule has 0 spiro atoms. The first-order chi connectivity index (χ1) is 36.7. The van der Waals surface area contributed by atoms with Gasteiger partial charge in [0.15, 0.2) is 36.8 Å². The van der Waals surface area contributed by atoms with Crippen molar-refractivity contribution in [1.82, 2.24) is 0 Å². The summed E-state index contributed by atoms with van der Waals surface area (Å²) >= 11 is 0. The van der Waals surface area contributed by atoms with Gasteiger partial charge in [0.25, 0.3) is 6.29 Å². The second-order valence-corrected chi connectivity index (χ2v) is 17.6. The van der Waals surface area contributed by atoms with E-state index in [4.69, 9.17) is 47.2 Å². The lowest BCUT2D eigenvalue weighted by Gasteiger charge is -2.48. The summed E-state index contributed by atoms with van der Waals surface area (Å²) in [6, 6.07) is 37.3. The predicted molar refractivity (Wildman–Crippen MR) is 264 cm³/mol. The molecule has 2 aliphatic rings. The van der Waals surface area contributed by atoms with E-state index in [1.807, 2.05) is 0 Å². The molecule has 2 heterocycles. The summed E-state index contributed by atoms with van der Waals surface area (Å²) in [6.07, 6.45) is -19.7. The Labute approximate surface area is 438 Å². The van der Waals surface area contributed by atoms with Gasteiger partial charge in [0, 0.05) is 6.92 Å². The lowest BCUT2D eigenvalue weighted by Crippen LogP contribution is -3.11. The largest absolute Gasteiger partial charge is 0.566 e. The molecule has 0 aliphatic carbocycles. The molecular weight excluding hydrogens is 1010 g/mol. The number of halogens is 1. The van der Waals surface area contributed by atoms with Gasteiger partial charge in [0.2, 0.25) is 0 Å². The molecule has 0 bridgehead atoms. The topological polar surface area (TPSA) is 239 Å². The van der Waals surface area contributed by atoms with Gasteiger partial charge in [-0.3, -0.25) is 4.79 Å². The van der Waals surface area contributed by atoms with Gasteiger partial charge in [0.1, 0.15) is 31.6 Å². The fraction of sp³-hybridized carbons (Fsp3) is 0.345. The molecule has 5 aromatic rings. The van der Waals surface area contributed by atoms with Crippen molar-refractivity contribution in [3.8, 4) is 0 Å². The molecule has 5 aromatic carbocycles. The van der Waals surface area contributed by atoms with Crippen LogP contribution in [-0.4, -0.2) is 130 Å². The standard InChI is InChI=1S/C49H42FO18P.C6H15N/c1-29(51)60-37-35(27-50)61-48(41(65-46(55)33-23-13-5-14-24-33)39(37)63-44(53)31-19-9-3-10-20-31)67-38-36(28-59-43(52)30-17-7-2-8-18-30)62-49(68-69(57)58)42(66-47(56)34-25-15-6-16-26-34)40(38)64-45(54)32-21-11-4-12-22-32;1-4-7(5-2)6-3/h2-26,35-42,48-49H,27-28H2,1H3;4-6H2,1-3H3/p+1/t35-,36-,37+,38-,39+,40+,41-,42+,48+,49-;/m1./s1. The number of rotatable bonds is 20. The Morgan fingerprint density at radius 3 is 1.17 bits per heavy atom. The Morgan fingerprint density at radius 2 is 0.829 bits per heavy atom.